The molecule has 4 aromatic rings. The van der Waals surface area contributed by atoms with Crippen LogP contribution in [0, 0.1) is 13.8 Å². The molecule has 29 heavy (non-hydrogen) atoms. The van der Waals surface area contributed by atoms with Crippen LogP contribution in [0.3, 0.4) is 0 Å². The number of H-pyrrole nitrogens is 1. The number of aryl methyl sites for hydroxylation is 2. The first kappa shape index (κ1) is 18.9. The van der Waals surface area contributed by atoms with E-state index in [1.807, 2.05) is 60.9 Å². The molecule has 0 atom stereocenters. The summed E-state index contributed by atoms with van der Waals surface area (Å²) in [5.74, 6) is 1.25. The van der Waals surface area contributed by atoms with Crippen LogP contribution in [0.25, 0.3) is 22.6 Å². The van der Waals surface area contributed by atoms with Gasteiger partial charge in [0.1, 0.15) is 11.6 Å². The van der Waals surface area contributed by atoms with Crippen LogP contribution in [-0.4, -0.2) is 33.4 Å². The zero-order valence-corrected chi connectivity index (χ0v) is 16.6. The third-order valence-corrected chi connectivity index (χ3v) is 4.73. The first-order valence-electron chi connectivity index (χ1n) is 9.29. The SMILES string of the molecule is COCOc1c(C)cc(-c2nc3ncn(Cc4ccccc4)c3c(=O)[nH]2)cc1C. The summed E-state index contributed by atoms with van der Waals surface area (Å²) in [5.41, 5.74) is 4.45. The van der Waals surface area contributed by atoms with Gasteiger partial charge >= 0.3 is 0 Å². The Morgan fingerprint density at radius 3 is 2.52 bits per heavy atom. The van der Waals surface area contributed by atoms with E-state index in [4.69, 9.17) is 9.47 Å². The number of nitrogens with zero attached hydrogens (tertiary/aromatic N) is 3. The van der Waals surface area contributed by atoms with Gasteiger partial charge in [-0.3, -0.25) is 4.79 Å². The van der Waals surface area contributed by atoms with Gasteiger partial charge in [0.2, 0.25) is 0 Å². The fraction of sp³-hybridized carbons (Fsp3) is 0.227. The molecule has 2 aromatic heterocycles. The van der Waals surface area contributed by atoms with Gasteiger partial charge < -0.3 is 19.0 Å². The number of benzene rings is 2. The second-order valence-corrected chi connectivity index (χ2v) is 6.93. The van der Waals surface area contributed by atoms with E-state index in [0.29, 0.717) is 23.5 Å². The lowest BCUT2D eigenvalue weighted by atomic mass is 10.1. The molecule has 7 heteroatoms. The molecule has 2 heterocycles. The summed E-state index contributed by atoms with van der Waals surface area (Å²) in [6.07, 6.45) is 1.65. The Kier molecular flexibility index (Phi) is 5.14. The number of imidazole rings is 1. The summed E-state index contributed by atoms with van der Waals surface area (Å²) in [4.78, 5) is 24.7. The van der Waals surface area contributed by atoms with Gasteiger partial charge in [0.05, 0.1) is 6.33 Å². The predicted molar refractivity (Wildman–Crippen MR) is 111 cm³/mol. The minimum absolute atomic E-state index is 0.181. The van der Waals surface area contributed by atoms with E-state index in [2.05, 4.69) is 15.0 Å². The van der Waals surface area contributed by atoms with Gasteiger partial charge in [-0.2, -0.15) is 0 Å². The Morgan fingerprint density at radius 1 is 1.10 bits per heavy atom. The predicted octanol–water partition coefficient (Wildman–Crippen LogP) is 3.43. The molecule has 0 unspecified atom stereocenters. The van der Waals surface area contributed by atoms with Crippen LogP contribution in [-0.2, 0) is 11.3 Å². The van der Waals surface area contributed by atoms with Gasteiger partial charge in [0, 0.05) is 19.2 Å². The average Bonchev–Trinajstić information content (AvgIpc) is 3.11. The van der Waals surface area contributed by atoms with E-state index >= 15 is 0 Å². The van der Waals surface area contributed by atoms with Crippen molar-refractivity contribution in [2.24, 2.45) is 0 Å². The summed E-state index contributed by atoms with van der Waals surface area (Å²) in [7, 11) is 1.58. The molecule has 1 N–H and O–H groups in total. The number of aromatic amines is 1. The molecule has 148 valence electrons. The van der Waals surface area contributed by atoms with E-state index in [0.717, 1.165) is 28.0 Å². The maximum Gasteiger partial charge on any atom is 0.277 e. The van der Waals surface area contributed by atoms with E-state index in [9.17, 15) is 4.79 Å². The Morgan fingerprint density at radius 2 is 1.83 bits per heavy atom. The van der Waals surface area contributed by atoms with E-state index in [1.165, 1.54) is 0 Å². The fourth-order valence-electron chi connectivity index (χ4n) is 3.46. The lowest BCUT2D eigenvalue weighted by Gasteiger charge is -2.13. The molecule has 0 fully saturated rings. The van der Waals surface area contributed by atoms with Crippen molar-refractivity contribution < 1.29 is 9.47 Å². The number of fused-ring (bicyclic) bond motifs is 1. The molecular formula is C22H22N4O3. The molecule has 0 amide bonds. The molecule has 0 bridgehead atoms. The van der Waals surface area contributed by atoms with Gasteiger partial charge in [-0.15, -0.1) is 0 Å². The second kappa shape index (κ2) is 7.89. The third-order valence-electron chi connectivity index (χ3n) is 4.73. The quantitative estimate of drug-likeness (QED) is 0.510. The Labute approximate surface area is 168 Å². The lowest BCUT2D eigenvalue weighted by Crippen LogP contribution is -2.14. The van der Waals surface area contributed by atoms with E-state index in [1.54, 1.807) is 13.4 Å². The molecule has 7 nitrogen and oxygen atoms in total. The van der Waals surface area contributed by atoms with Crippen LogP contribution >= 0.6 is 0 Å². The van der Waals surface area contributed by atoms with Crippen LogP contribution in [0.2, 0.25) is 0 Å². The molecule has 0 radical (unpaired) electrons. The van der Waals surface area contributed by atoms with Crippen LogP contribution in [0.4, 0.5) is 0 Å². The van der Waals surface area contributed by atoms with Crippen molar-refractivity contribution in [1.82, 2.24) is 19.5 Å². The molecule has 0 saturated carbocycles. The Balaban J connectivity index is 1.72. The van der Waals surface area contributed by atoms with Gasteiger partial charge in [0.25, 0.3) is 5.56 Å². The topological polar surface area (TPSA) is 82.0 Å². The molecule has 2 aromatic carbocycles. The van der Waals surface area contributed by atoms with Crippen LogP contribution < -0.4 is 10.3 Å². The molecule has 4 rings (SSSR count). The van der Waals surface area contributed by atoms with Crippen molar-refractivity contribution in [3.8, 4) is 17.1 Å². The highest BCUT2D eigenvalue weighted by molar-refractivity contribution is 5.73. The van der Waals surface area contributed by atoms with Crippen LogP contribution in [0.5, 0.6) is 5.75 Å². The molecular weight excluding hydrogens is 368 g/mol. The highest BCUT2D eigenvalue weighted by atomic mass is 16.7. The Bertz CT molecular complexity index is 1190. The standard InChI is InChI=1S/C22H22N4O3/c1-14-9-17(10-15(2)19(14)29-13-28-3)20-24-21-18(22(27)25-20)26(12-23-21)11-16-7-5-4-6-8-16/h4-10,12H,11,13H2,1-3H3,(H,24,25,27). The lowest BCUT2D eigenvalue weighted by molar-refractivity contribution is 0.0501. The van der Waals surface area contributed by atoms with Crippen molar-refractivity contribution >= 4 is 11.2 Å². The number of ether oxygens (including phenoxy) is 2. The number of nitrogens with one attached hydrogen (secondary N) is 1. The zero-order valence-electron chi connectivity index (χ0n) is 16.6. The van der Waals surface area contributed by atoms with Gasteiger partial charge in [-0.05, 0) is 42.7 Å². The minimum Gasteiger partial charge on any atom is -0.467 e. The average molecular weight is 390 g/mol. The first-order valence-corrected chi connectivity index (χ1v) is 9.29. The molecule has 0 spiro atoms. The van der Waals surface area contributed by atoms with Crippen molar-refractivity contribution in [2.75, 3.05) is 13.9 Å². The zero-order chi connectivity index (χ0) is 20.4. The fourth-order valence-corrected chi connectivity index (χ4v) is 3.46. The van der Waals surface area contributed by atoms with Crippen molar-refractivity contribution in [2.45, 2.75) is 20.4 Å². The highest BCUT2D eigenvalue weighted by Gasteiger charge is 2.14. The summed E-state index contributed by atoms with van der Waals surface area (Å²) < 4.78 is 12.4. The van der Waals surface area contributed by atoms with Gasteiger partial charge in [-0.25, -0.2) is 9.97 Å². The summed E-state index contributed by atoms with van der Waals surface area (Å²) in [6, 6.07) is 13.8. The summed E-state index contributed by atoms with van der Waals surface area (Å²) >= 11 is 0. The normalized spacial score (nSPS) is 11.1. The largest absolute Gasteiger partial charge is 0.467 e. The second-order valence-electron chi connectivity index (χ2n) is 6.93. The van der Waals surface area contributed by atoms with Crippen molar-refractivity contribution in [1.29, 1.82) is 0 Å². The van der Waals surface area contributed by atoms with Gasteiger partial charge in [-0.1, -0.05) is 30.3 Å². The summed E-state index contributed by atoms with van der Waals surface area (Å²) in [6.45, 7) is 4.64. The number of methoxy groups -OCH3 is 1. The monoisotopic (exact) mass is 390 g/mol. The van der Waals surface area contributed by atoms with E-state index in [-0.39, 0.29) is 12.4 Å². The van der Waals surface area contributed by atoms with Crippen LogP contribution in [0.15, 0.2) is 53.6 Å². The smallest absolute Gasteiger partial charge is 0.277 e. The van der Waals surface area contributed by atoms with Crippen LogP contribution in [0.1, 0.15) is 16.7 Å². The number of hydrogen-bond acceptors (Lipinski definition) is 5. The van der Waals surface area contributed by atoms with Crippen molar-refractivity contribution in [3.05, 3.63) is 75.8 Å². The number of rotatable bonds is 6. The van der Waals surface area contributed by atoms with E-state index < -0.39 is 0 Å². The molecule has 0 saturated heterocycles. The summed E-state index contributed by atoms with van der Waals surface area (Å²) in [5, 5.41) is 0. The maximum atomic E-state index is 12.8. The number of hydrogen-bond donors (Lipinski definition) is 1. The maximum absolute atomic E-state index is 12.8. The highest BCUT2D eigenvalue weighted by Crippen LogP contribution is 2.29. The Hall–Kier alpha value is -3.45. The molecule has 0 aliphatic rings. The molecule has 0 aliphatic carbocycles. The van der Waals surface area contributed by atoms with Gasteiger partial charge in [0.15, 0.2) is 18.0 Å². The molecule has 0 aliphatic heterocycles. The minimum atomic E-state index is -0.214. The first-order chi connectivity index (χ1) is 14.1. The third kappa shape index (κ3) is 3.77. The van der Waals surface area contributed by atoms with Crippen molar-refractivity contribution in [3.63, 3.8) is 0 Å². The number of aromatic nitrogens is 4.